The number of rotatable bonds is 2. The van der Waals surface area contributed by atoms with Crippen LogP contribution in [0.1, 0.15) is 5.56 Å². The van der Waals surface area contributed by atoms with Gasteiger partial charge in [-0.25, -0.2) is 4.79 Å². The van der Waals surface area contributed by atoms with Crippen LogP contribution in [0.5, 0.6) is 5.75 Å². The number of amides is 1. The van der Waals surface area contributed by atoms with Crippen molar-refractivity contribution in [1.29, 1.82) is 0 Å². The molecular formula is C14H13ClN2O4. The molecule has 1 fully saturated rings. The Kier molecular flexibility index (Phi) is 3.15. The van der Waals surface area contributed by atoms with E-state index in [1.54, 1.807) is 24.4 Å². The van der Waals surface area contributed by atoms with Crippen LogP contribution in [0.25, 0.3) is 10.9 Å². The average Bonchev–Trinajstić information content (AvgIpc) is 2.42. The smallest absolute Gasteiger partial charge is 0.407 e. The molecule has 0 spiro atoms. The van der Waals surface area contributed by atoms with E-state index in [9.17, 15) is 9.90 Å². The summed E-state index contributed by atoms with van der Waals surface area (Å²) in [6, 6.07) is 5.06. The molecule has 0 saturated carbocycles. The van der Waals surface area contributed by atoms with E-state index in [2.05, 4.69) is 4.98 Å². The van der Waals surface area contributed by atoms with Crippen molar-refractivity contribution in [3.63, 3.8) is 0 Å². The minimum Gasteiger partial charge on any atom is -0.496 e. The predicted octanol–water partition coefficient (Wildman–Crippen LogP) is 2.08. The first kappa shape index (κ1) is 13.9. The maximum absolute atomic E-state index is 10.9. The Hall–Kier alpha value is -2.05. The van der Waals surface area contributed by atoms with Crippen LogP contribution in [-0.2, 0) is 5.60 Å². The molecule has 0 radical (unpaired) electrons. The fourth-order valence-corrected chi connectivity index (χ4v) is 2.77. The SMILES string of the molecule is COc1cc2nccc(Cl)c2cc1C1(O)CN(C(=O)O)C1. The number of nitrogens with zero attached hydrogens (tertiary/aromatic N) is 2. The van der Waals surface area contributed by atoms with Crippen molar-refractivity contribution in [1.82, 2.24) is 9.88 Å². The summed E-state index contributed by atoms with van der Waals surface area (Å²) in [5.41, 5.74) is -0.0945. The molecule has 2 aromatic rings. The number of fused-ring (bicyclic) bond motifs is 1. The molecule has 21 heavy (non-hydrogen) atoms. The number of hydrogen-bond donors (Lipinski definition) is 2. The van der Waals surface area contributed by atoms with Gasteiger partial charge in [-0.1, -0.05) is 11.6 Å². The zero-order valence-electron chi connectivity index (χ0n) is 11.2. The van der Waals surface area contributed by atoms with Crippen LogP contribution in [0.15, 0.2) is 24.4 Å². The molecule has 0 bridgehead atoms. The van der Waals surface area contributed by atoms with Crippen LogP contribution in [-0.4, -0.2) is 46.4 Å². The Morgan fingerprint density at radius 2 is 2.19 bits per heavy atom. The van der Waals surface area contributed by atoms with E-state index < -0.39 is 11.7 Å². The summed E-state index contributed by atoms with van der Waals surface area (Å²) in [5, 5.41) is 20.7. The summed E-state index contributed by atoms with van der Waals surface area (Å²) < 4.78 is 5.30. The van der Waals surface area contributed by atoms with E-state index in [1.807, 2.05) is 0 Å². The van der Waals surface area contributed by atoms with E-state index in [4.69, 9.17) is 21.4 Å². The third-order valence-corrected chi connectivity index (χ3v) is 4.02. The number of halogens is 1. The number of aliphatic hydroxyl groups is 1. The highest BCUT2D eigenvalue weighted by Gasteiger charge is 2.47. The molecule has 1 aliphatic rings. The van der Waals surface area contributed by atoms with Gasteiger partial charge in [-0.3, -0.25) is 4.98 Å². The first-order valence-electron chi connectivity index (χ1n) is 6.27. The van der Waals surface area contributed by atoms with Gasteiger partial charge in [0.05, 0.1) is 30.7 Å². The Morgan fingerprint density at radius 3 is 2.81 bits per heavy atom. The Morgan fingerprint density at radius 1 is 1.48 bits per heavy atom. The van der Waals surface area contributed by atoms with Crippen LogP contribution >= 0.6 is 11.6 Å². The lowest BCUT2D eigenvalue weighted by atomic mass is 9.85. The molecule has 3 rings (SSSR count). The van der Waals surface area contributed by atoms with E-state index >= 15 is 0 Å². The van der Waals surface area contributed by atoms with Crippen molar-refractivity contribution >= 4 is 28.6 Å². The summed E-state index contributed by atoms with van der Waals surface area (Å²) in [5.74, 6) is 0.463. The lowest BCUT2D eigenvalue weighted by molar-refractivity contribution is -0.0908. The molecule has 0 aliphatic carbocycles. The predicted molar refractivity (Wildman–Crippen MR) is 76.8 cm³/mol. The quantitative estimate of drug-likeness (QED) is 0.887. The van der Waals surface area contributed by atoms with Crippen LogP contribution in [0, 0.1) is 0 Å². The van der Waals surface area contributed by atoms with Gasteiger partial charge in [0.15, 0.2) is 0 Å². The monoisotopic (exact) mass is 308 g/mol. The second-order valence-corrected chi connectivity index (χ2v) is 5.44. The second kappa shape index (κ2) is 4.75. The molecular weight excluding hydrogens is 296 g/mol. The summed E-state index contributed by atoms with van der Waals surface area (Å²) in [7, 11) is 1.49. The highest BCUT2D eigenvalue weighted by Crippen LogP contribution is 2.40. The number of pyridine rings is 1. The Balaban J connectivity index is 2.10. The minimum atomic E-state index is -1.27. The lowest BCUT2D eigenvalue weighted by Gasteiger charge is -2.45. The first-order chi connectivity index (χ1) is 9.94. The zero-order chi connectivity index (χ0) is 15.2. The molecule has 0 atom stereocenters. The summed E-state index contributed by atoms with van der Waals surface area (Å²) in [6.45, 7) is 0.00413. The highest BCUT2D eigenvalue weighted by atomic mass is 35.5. The Bertz CT molecular complexity index is 728. The Labute approximate surface area is 125 Å². The topological polar surface area (TPSA) is 82.9 Å². The number of likely N-dealkylation sites (tertiary alicyclic amines) is 1. The summed E-state index contributed by atoms with van der Waals surface area (Å²) in [4.78, 5) is 16.2. The van der Waals surface area contributed by atoms with Crippen molar-refractivity contribution < 1.29 is 19.7 Å². The van der Waals surface area contributed by atoms with Gasteiger partial charge in [0.1, 0.15) is 11.4 Å². The van der Waals surface area contributed by atoms with Crippen LogP contribution in [0.2, 0.25) is 5.02 Å². The largest absolute Gasteiger partial charge is 0.496 e. The third-order valence-electron chi connectivity index (χ3n) is 3.69. The van der Waals surface area contributed by atoms with E-state index in [1.165, 1.54) is 7.11 Å². The van der Waals surface area contributed by atoms with Gasteiger partial charge in [-0.2, -0.15) is 0 Å². The number of benzene rings is 1. The van der Waals surface area contributed by atoms with E-state index in [0.717, 1.165) is 4.90 Å². The molecule has 1 amide bonds. The van der Waals surface area contributed by atoms with Gasteiger partial charge in [-0.15, -0.1) is 0 Å². The number of methoxy groups -OCH3 is 1. The molecule has 1 aromatic carbocycles. The number of β-amino-alcohol motifs (C(OH)–C–C–N with tert-alkyl or cyclic N) is 1. The molecule has 6 nitrogen and oxygen atoms in total. The number of ether oxygens (including phenoxy) is 1. The molecule has 1 aromatic heterocycles. The van der Waals surface area contributed by atoms with Crippen molar-refractivity contribution in [3.05, 3.63) is 35.0 Å². The van der Waals surface area contributed by atoms with E-state index in [-0.39, 0.29) is 13.1 Å². The standard InChI is InChI=1S/C14H13ClN2O4/c1-21-12-5-11-8(10(15)2-3-16-11)4-9(12)14(20)6-17(7-14)13(18)19/h2-5,20H,6-7H2,1H3,(H,18,19). The fourth-order valence-electron chi connectivity index (χ4n) is 2.56. The molecule has 2 heterocycles. The van der Waals surface area contributed by atoms with Crippen molar-refractivity contribution in [2.24, 2.45) is 0 Å². The first-order valence-corrected chi connectivity index (χ1v) is 6.65. The molecule has 1 aliphatic heterocycles. The lowest BCUT2D eigenvalue weighted by Crippen LogP contribution is -2.61. The minimum absolute atomic E-state index is 0.00206. The third kappa shape index (κ3) is 2.16. The summed E-state index contributed by atoms with van der Waals surface area (Å²) in [6.07, 6.45) is 0.535. The van der Waals surface area contributed by atoms with Crippen molar-refractivity contribution in [2.45, 2.75) is 5.60 Å². The van der Waals surface area contributed by atoms with E-state index in [0.29, 0.717) is 27.2 Å². The van der Waals surface area contributed by atoms with Crippen LogP contribution < -0.4 is 4.74 Å². The van der Waals surface area contributed by atoms with Gasteiger partial charge >= 0.3 is 6.09 Å². The maximum atomic E-state index is 10.9. The average molecular weight is 309 g/mol. The molecule has 1 saturated heterocycles. The van der Waals surface area contributed by atoms with Crippen molar-refractivity contribution in [2.75, 3.05) is 20.2 Å². The maximum Gasteiger partial charge on any atom is 0.407 e. The number of aromatic nitrogens is 1. The highest BCUT2D eigenvalue weighted by molar-refractivity contribution is 6.35. The van der Waals surface area contributed by atoms with Gasteiger partial charge in [0.25, 0.3) is 0 Å². The van der Waals surface area contributed by atoms with Gasteiger partial charge in [0, 0.05) is 23.2 Å². The number of hydrogen-bond acceptors (Lipinski definition) is 4. The van der Waals surface area contributed by atoms with Gasteiger partial charge < -0.3 is 19.8 Å². The second-order valence-electron chi connectivity index (χ2n) is 5.03. The fraction of sp³-hybridized carbons (Fsp3) is 0.286. The normalized spacial score (nSPS) is 16.6. The molecule has 0 unspecified atom stereocenters. The van der Waals surface area contributed by atoms with Crippen LogP contribution in [0.3, 0.4) is 0 Å². The van der Waals surface area contributed by atoms with Crippen LogP contribution in [0.4, 0.5) is 4.79 Å². The van der Waals surface area contributed by atoms with Crippen molar-refractivity contribution in [3.8, 4) is 5.75 Å². The molecule has 2 N–H and O–H groups in total. The number of carbonyl (C=O) groups is 1. The molecule has 7 heteroatoms. The number of carboxylic acid groups (broad SMARTS) is 1. The van der Waals surface area contributed by atoms with Gasteiger partial charge in [0.2, 0.25) is 0 Å². The molecule has 110 valence electrons. The van der Waals surface area contributed by atoms with Gasteiger partial charge in [-0.05, 0) is 12.1 Å². The summed E-state index contributed by atoms with van der Waals surface area (Å²) >= 11 is 6.15. The zero-order valence-corrected chi connectivity index (χ0v) is 12.0.